The van der Waals surface area contributed by atoms with Gasteiger partial charge in [0, 0.05) is 0 Å². The molecular weight excluding hydrogens is 202 g/mol. The van der Waals surface area contributed by atoms with Crippen LogP contribution >= 0.6 is 0 Å². The number of aryl methyl sites for hydroxylation is 1. The van der Waals surface area contributed by atoms with E-state index in [4.69, 9.17) is 10.00 Å². The van der Waals surface area contributed by atoms with E-state index in [2.05, 4.69) is 6.07 Å². The lowest BCUT2D eigenvalue weighted by molar-refractivity contribution is 0.0526. The molecule has 84 valence electrons. The lowest BCUT2D eigenvalue weighted by Crippen LogP contribution is -2.06. The van der Waals surface area contributed by atoms with Crippen LogP contribution in [0, 0.1) is 18.3 Å². The molecule has 0 aromatic heterocycles. The van der Waals surface area contributed by atoms with Gasteiger partial charge in [0.25, 0.3) is 0 Å². The Kier molecular flexibility index (Phi) is 4.07. The summed E-state index contributed by atoms with van der Waals surface area (Å²) in [5, 5.41) is 9.01. The summed E-state index contributed by atoms with van der Waals surface area (Å²) in [7, 11) is 0. The van der Waals surface area contributed by atoms with Gasteiger partial charge in [0.2, 0.25) is 0 Å². The predicted octanol–water partition coefficient (Wildman–Crippen LogP) is 2.61. The Bertz CT molecular complexity index is 444. The highest BCUT2D eigenvalue weighted by Crippen LogP contribution is 2.18. The molecule has 1 rings (SSSR count). The van der Waals surface area contributed by atoms with Crippen molar-refractivity contribution >= 4 is 5.97 Å². The average molecular weight is 217 g/mol. The maximum Gasteiger partial charge on any atom is 0.338 e. The summed E-state index contributed by atoms with van der Waals surface area (Å²) >= 11 is 0. The van der Waals surface area contributed by atoms with Gasteiger partial charge < -0.3 is 4.74 Å². The van der Waals surface area contributed by atoms with Crippen molar-refractivity contribution in [3.05, 3.63) is 34.4 Å². The number of ether oxygens (including phenoxy) is 1. The molecule has 0 bridgehead atoms. The normalized spacial score (nSPS) is 9.62. The minimum atomic E-state index is -0.371. The van der Waals surface area contributed by atoms with Gasteiger partial charge in [-0.25, -0.2) is 4.79 Å². The Balaban J connectivity index is 3.21. The van der Waals surface area contributed by atoms with Crippen molar-refractivity contribution in [2.45, 2.75) is 27.2 Å². The van der Waals surface area contributed by atoms with E-state index < -0.39 is 0 Å². The molecule has 1 aromatic rings. The van der Waals surface area contributed by atoms with Gasteiger partial charge in [-0.05, 0) is 43.5 Å². The van der Waals surface area contributed by atoms with E-state index in [-0.39, 0.29) is 5.97 Å². The summed E-state index contributed by atoms with van der Waals surface area (Å²) in [5.41, 5.74) is 2.97. The van der Waals surface area contributed by atoms with Gasteiger partial charge in [-0.3, -0.25) is 0 Å². The summed E-state index contributed by atoms with van der Waals surface area (Å²) in [5.74, 6) is -0.371. The molecule has 16 heavy (non-hydrogen) atoms. The number of benzene rings is 1. The molecule has 0 radical (unpaired) electrons. The highest BCUT2D eigenvalue weighted by atomic mass is 16.5. The highest BCUT2D eigenvalue weighted by Gasteiger charge is 2.12. The maximum absolute atomic E-state index is 11.5. The fourth-order valence-corrected chi connectivity index (χ4v) is 1.72. The fraction of sp³-hybridized carbons (Fsp3) is 0.385. The van der Waals surface area contributed by atoms with E-state index in [1.165, 1.54) is 0 Å². The Morgan fingerprint density at radius 1 is 1.44 bits per heavy atom. The zero-order valence-corrected chi connectivity index (χ0v) is 9.83. The zero-order chi connectivity index (χ0) is 12.1. The maximum atomic E-state index is 11.5. The molecule has 3 nitrogen and oxygen atoms in total. The standard InChI is InChI=1S/C13H15NO2/c1-4-12-9(3)6-10(7-11(12)8-14)13(15)16-5-2/h6-7H,4-5H2,1-3H3. The molecule has 0 fully saturated rings. The van der Waals surface area contributed by atoms with Crippen molar-refractivity contribution in [2.75, 3.05) is 6.61 Å². The van der Waals surface area contributed by atoms with Crippen LogP contribution in [0.1, 0.15) is 40.9 Å². The molecule has 0 heterocycles. The second-order valence-corrected chi connectivity index (χ2v) is 3.51. The monoisotopic (exact) mass is 217 g/mol. The smallest absolute Gasteiger partial charge is 0.338 e. The molecule has 3 heteroatoms. The Morgan fingerprint density at radius 3 is 2.62 bits per heavy atom. The second-order valence-electron chi connectivity index (χ2n) is 3.51. The molecule has 0 saturated heterocycles. The van der Waals surface area contributed by atoms with Crippen molar-refractivity contribution < 1.29 is 9.53 Å². The summed E-state index contributed by atoms with van der Waals surface area (Å²) in [6.07, 6.45) is 0.790. The van der Waals surface area contributed by atoms with Crippen molar-refractivity contribution in [3.63, 3.8) is 0 Å². The second kappa shape index (κ2) is 5.32. The first-order valence-electron chi connectivity index (χ1n) is 5.34. The third-order valence-electron chi connectivity index (χ3n) is 2.46. The highest BCUT2D eigenvalue weighted by molar-refractivity contribution is 5.90. The first-order chi connectivity index (χ1) is 7.63. The van der Waals surface area contributed by atoms with Crippen LogP contribution in [0.25, 0.3) is 0 Å². The first-order valence-corrected chi connectivity index (χ1v) is 5.34. The largest absolute Gasteiger partial charge is 0.462 e. The first kappa shape index (κ1) is 12.3. The lowest BCUT2D eigenvalue weighted by atomic mass is 9.97. The van der Waals surface area contributed by atoms with E-state index >= 15 is 0 Å². The van der Waals surface area contributed by atoms with Gasteiger partial charge >= 0.3 is 5.97 Å². The predicted molar refractivity (Wildman–Crippen MR) is 61.2 cm³/mol. The third kappa shape index (κ3) is 2.40. The van der Waals surface area contributed by atoms with Crippen molar-refractivity contribution in [1.29, 1.82) is 5.26 Å². The number of esters is 1. The fourth-order valence-electron chi connectivity index (χ4n) is 1.72. The minimum Gasteiger partial charge on any atom is -0.462 e. The van der Waals surface area contributed by atoms with Crippen LogP contribution in [0.15, 0.2) is 12.1 Å². The van der Waals surface area contributed by atoms with Crippen molar-refractivity contribution in [2.24, 2.45) is 0 Å². The van der Waals surface area contributed by atoms with E-state index in [1.807, 2.05) is 13.8 Å². The molecule has 0 saturated carbocycles. The SMILES string of the molecule is CCOC(=O)c1cc(C)c(CC)c(C#N)c1. The lowest BCUT2D eigenvalue weighted by Gasteiger charge is -2.08. The average Bonchev–Trinajstić information content (AvgIpc) is 2.28. The Morgan fingerprint density at radius 2 is 2.12 bits per heavy atom. The topological polar surface area (TPSA) is 50.1 Å². The molecule has 0 aliphatic rings. The Hall–Kier alpha value is -1.82. The van der Waals surface area contributed by atoms with Gasteiger partial charge in [0.05, 0.1) is 23.8 Å². The molecule has 1 aromatic carbocycles. The van der Waals surface area contributed by atoms with Crippen LogP contribution in [0.5, 0.6) is 0 Å². The molecule has 0 aliphatic carbocycles. The molecule has 0 atom stereocenters. The quantitative estimate of drug-likeness (QED) is 0.731. The molecular formula is C13H15NO2. The van der Waals surface area contributed by atoms with E-state index in [1.54, 1.807) is 19.1 Å². The molecule has 0 amide bonds. The molecule has 0 aliphatic heterocycles. The van der Waals surface area contributed by atoms with Gasteiger partial charge in [0.1, 0.15) is 0 Å². The van der Waals surface area contributed by atoms with E-state index in [9.17, 15) is 4.79 Å². The van der Waals surface area contributed by atoms with Crippen LogP contribution in [0.2, 0.25) is 0 Å². The van der Waals surface area contributed by atoms with Gasteiger partial charge in [-0.1, -0.05) is 6.92 Å². The molecule has 0 unspecified atom stereocenters. The number of nitrogens with zero attached hydrogens (tertiary/aromatic N) is 1. The van der Waals surface area contributed by atoms with Crippen LogP contribution < -0.4 is 0 Å². The van der Waals surface area contributed by atoms with Crippen LogP contribution in [-0.4, -0.2) is 12.6 Å². The van der Waals surface area contributed by atoms with Crippen LogP contribution in [0.3, 0.4) is 0 Å². The zero-order valence-electron chi connectivity index (χ0n) is 9.83. The van der Waals surface area contributed by atoms with Crippen molar-refractivity contribution in [1.82, 2.24) is 0 Å². The number of hydrogen-bond acceptors (Lipinski definition) is 3. The number of rotatable bonds is 3. The van der Waals surface area contributed by atoms with Crippen molar-refractivity contribution in [3.8, 4) is 6.07 Å². The van der Waals surface area contributed by atoms with Gasteiger partial charge in [0.15, 0.2) is 0 Å². The van der Waals surface area contributed by atoms with Crippen LogP contribution in [-0.2, 0) is 11.2 Å². The minimum absolute atomic E-state index is 0.343. The Labute approximate surface area is 95.7 Å². The van der Waals surface area contributed by atoms with E-state index in [0.29, 0.717) is 17.7 Å². The van der Waals surface area contributed by atoms with E-state index in [0.717, 1.165) is 17.5 Å². The van der Waals surface area contributed by atoms with Crippen LogP contribution in [0.4, 0.5) is 0 Å². The third-order valence-corrected chi connectivity index (χ3v) is 2.46. The van der Waals surface area contributed by atoms with Gasteiger partial charge in [-0.2, -0.15) is 5.26 Å². The summed E-state index contributed by atoms with van der Waals surface area (Å²) in [6, 6.07) is 5.49. The number of carbonyl (C=O) groups excluding carboxylic acids is 1. The molecule has 0 N–H and O–H groups in total. The van der Waals surface area contributed by atoms with Gasteiger partial charge in [-0.15, -0.1) is 0 Å². The summed E-state index contributed by atoms with van der Waals surface area (Å²) in [6.45, 7) is 6.00. The molecule has 0 spiro atoms. The number of carbonyl (C=O) groups is 1. The summed E-state index contributed by atoms with van der Waals surface area (Å²) in [4.78, 5) is 11.5. The summed E-state index contributed by atoms with van der Waals surface area (Å²) < 4.78 is 4.91. The number of nitriles is 1. The number of hydrogen-bond donors (Lipinski definition) is 0.